The van der Waals surface area contributed by atoms with Crippen LogP contribution in [0.5, 0.6) is 11.5 Å². The molecule has 0 spiro atoms. The number of rotatable bonds is 4. The van der Waals surface area contributed by atoms with Gasteiger partial charge >= 0.3 is 0 Å². The molecule has 21 heavy (non-hydrogen) atoms. The summed E-state index contributed by atoms with van der Waals surface area (Å²) in [6, 6.07) is 8.21. The normalized spacial score (nSPS) is 14.8. The van der Waals surface area contributed by atoms with Gasteiger partial charge in [-0.1, -0.05) is 6.07 Å². The van der Waals surface area contributed by atoms with E-state index in [0.29, 0.717) is 19.8 Å². The monoisotopic (exact) mass is 285 g/mol. The van der Waals surface area contributed by atoms with Crippen molar-refractivity contribution in [2.75, 3.05) is 13.2 Å². The highest BCUT2D eigenvalue weighted by Gasteiger charge is 2.14. The molecule has 1 N–H and O–H groups in total. The molecule has 5 heteroatoms. The number of fused-ring (bicyclic) bond motifs is 1. The van der Waals surface area contributed by atoms with Crippen molar-refractivity contribution in [3.8, 4) is 11.5 Å². The molecule has 1 unspecified atom stereocenters. The van der Waals surface area contributed by atoms with Gasteiger partial charge in [-0.15, -0.1) is 0 Å². The maximum absolute atomic E-state index is 5.62. The molecule has 1 aliphatic heterocycles. The van der Waals surface area contributed by atoms with E-state index in [1.165, 1.54) is 5.56 Å². The van der Waals surface area contributed by atoms with Crippen LogP contribution in [0.1, 0.15) is 30.0 Å². The molecule has 1 atom stereocenters. The van der Waals surface area contributed by atoms with Gasteiger partial charge in [-0.25, -0.2) is 9.97 Å². The van der Waals surface area contributed by atoms with Gasteiger partial charge in [0.05, 0.1) is 5.69 Å². The minimum atomic E-state index is 0.205. The average Bonchev–Trinajstić information content (AvgIpc) is 2.52. The maximum atomic E-state index is 5.62. The predicted molar refractivity (Wildman–Crippen MR) is 79.5 cm³/mol. The Labute approximate surface area is 124 Å². The first-order valence-electron chi connectivity index (χ1n) is 7.14. The number of benzene rings is 1. The summed E-state index contributed by atoms with van der Waals surface area (Å²) >= 11 is 0. The summed E-state index contributed by atoms with van der Waals surface area (Å²) in [4.78, 5) is 8.49. The smallest absolute Gasteiger partial charge is 0.161 e. The van der Waals surface area contributed by atoms with Crippen LogP contribution in [0.4, 0.5) is 0 Å². The van der Waals surface area contributed by atoms with Gasteiger partial charge in [-0.3, -0.25) is 0 Å². The van der Waals surface area contributed by atoms with Gasteiger partial charge in [0.15, 0.2) is 11.5 Å². The van der Waals surface area contributed by atoms with E-state index in [2.05, 4.69) is 28.3 Å². The van der Waals surface area contributed by atoms with E-state index < -0.39 is 0 Å². The SMILES string of the molecule is Cc1nccc(CNC(C)c2ccc3c(c2)OCCO3)n1. The second-order valence-electron chi connectivity index (χ2n) is 5.10. The van der Waals surface area contributed by atoms with E-state index in [9.17, 15) is 0 Å². The van der Waals surface area contributed by atoms with Crippen LogP contribution in [0.2, 0.25) is 0 Å². The van der Waals surface area contributed by atoms with Gasteiger partial charge in [0.25, 0.3) is 0 Å². The van der Waals surface area contributed by atoms with Crippen molar-refractivity contribution in [2.24, 2.45) is 0 Å². The third-order valence-corrected chi connectivity index (χ3v) is 3.49. The van der Waals surface area contributed by atoms with Crippen LogP contribution in [-0.2, 0) is 6.54 Å². The summed E-state index contributed by atoms with van der Waals surface area (Å²) in [5, 5.41) is 3.46. The number of aryl methyl sites for hydroxylation is 1. The molecule has 110 valence electrons. The quantitative estimate of drug-likeness (QED) is 0.935. The van der Waals surface area contributed by atoms with Gasteiger partial charge in [0.1, 0.15) is 19.0 Å². The largest absolute Gasteiger partial charge is 0.486 e. The van der Waals surface area contributed by atoms with Crippen LogP contribution in [0, 0.1) is 6.92 Å². The van der Waals surface area contributed by atoms with E-state index in [1.807, 2.05) is 25.1 Å². The third-order valence-electron chi connectivity index (χ3n) is 3.49. The Balaban J connectivity index is 1.66. The van der Waals surface area contributed by atoms with Crippen LogP contribution in [0.15, 0.2) is 30.5 Å². The van der Waals surface area contributed by atoms with Crippen molar-refractivity contribution >= 4 is 0 Å². The molecule has 0 aliphatic carbocycles. The summed E-state index contributed by atoms with van der Waals surface area (Å²) in [7, 11) is 0. The lowest BCUT2D eigenvalue weighted by atomic mass is 10.1. The molecule has 0 amide bonds. The molecule has 0 saturated carbocycles. The summed E-state index contributed by atoms with van der Waals surface area (Å²) in [5.74, 6) is 2.44. The fourth-order valence-electron chi connectivity index (χ4n) is 2.31. The van der Waals surface area contributed by atoms with E-state index in [0.717, 1.165) is 23.0 Å². The second-order valence-corrected chi connectivity index (χ2v) is 5.10. The average molecular weight is 285 g/mol. The Hall–Kier alpha value is -2.14. The number of nitrogens with one attached hydrogen (secondary N) is 1. The van der Waals surface area contributed by atoms with Gasteiger partial charge in [-0.05, 0) is 37.6 Å². The minimum absolute atomic E-state index is 0.205. The molecular weight excluding hydrogens is 266 g/mol. The molecule has 0 radical (unpaired) electrons. The van der Waals surface area contributed by atoms with Gasteiger partial charge in [0.2, 0.25) is 0 Å². The zero-order valence-corrected chi connectivity index (χ0v) is 12.3. The Morgan fingerprint density at radius 1 is 1.19 bits per heavy atom. The second kappa shape index (κ2) is 6.10. The van der Waals surface area contributed by atoms with Crippen molar-refractivity contribution in [3.63, 3.8) is 0 Å². The van der Waals surface area contributed by atoms with Gasteiger partial charge < -0.3 is 14.8 Å². The molecule has 5 nitrogen and oxygen atoms in total. The fourth-order valence-corrected chi connectivity index (χ4v) is 2.31. The molecule has 2 aromatic rings. The van der Waals surface area contributed by atoms with Crippen molar-refractivity contribution in [2.45, 2.75) is 26.4 Å². The van der Waals surface area contributed by atoms with E-state index in [1.54, 1.807) is 6.20 Å². The first-order valence-corrected chi connectivity index (χ1v) is 7.14. The molecule has 0 fully saturated rings. The van der Waals surface area contributed by atoms with Crippen LogP contribution in [0.25, 0.3) is 0 Å². The van der Waals surface area contributed by atoms with Crippen LogP contribution in [0.3, 0.4) is 0 Å². The molecule has 0 saturated heterocycles. The third kappa shape index (κ3) is 3.31. The van der Waals surface area contributed by atoms with E-state index in [4.69, 9.17) is 9.47 Å². The predicted octanol–water partition coefficient (Wildman–Crippen LogP) is 2.41. The maximum Gasteiger partial charge on any atom is 0.161 e. The number of aromatic nitrogens is 2. The minimum Gasteiger partial charge on any atom is -0.486 e. The molecule has 2 heterocycles. The zero-order valence-electron chi connectivity index (χ0n) is 12.3. The van der Waals surface area contributed by atoms with Crippen LogP contribution >= 0.6 is 0 Å². The van der Waals surface area contributed by atoms with Gasteiger partial charge in [-0.2, -0.15) is 0 Å². The van der Waals surface area contributed by atoms with E-state index >= 15 is 0 Å². The number of hydrogen-bond acceptors (Lipinski definition) is 5. The highest BCUT2D eigenvalue weighted by Crippen LogP contribution is 2.32. The highest BCUT2D eigenvalue weighted by molar-refractivity contribution is 5.44. The van der Waals surface area contributed by atoms with E-state index in [-0.39, 0.29) is 6.04 Å². The van der Waals surface area contributed by atoms with Crippen molar-refractivity contribution in [1.29, 1.82) is 0 Å². The first-order chi connectivity index (χ1) is 10.2. The Kier molecular flexibility index (Phi) is 4.01. The number of hydrogen-bond donors (Lipinski definition) is 1. The highest BCUT2D eigenvalue weighted by atomic mass is 16.6. The van der Waals surface area contributed by atoms with Crippen LogP contribution in [-0.4, -0.2) is 23.2 Å². The summed E-state index contributed by atoms with van der Waals surface area (Å²) in [6.45, 7) is 5.96. The summed E-state index contributed by atoms with van der Waals surface area (Å²) in [6.07, 6.45) is 1.79. The Morgan fingerprint density at radius 2 is 2.00 bits per heavy atom. The van der Waals surface area contributed by atoms with Gasteiger partial charge in [0, 0.05) is 18.8 Å². The first kappa shape index (κ1) is 13.8. The summed E-state index contributed by atoms with van der Waals surface area (Å²) < 4.78 is 11.2. The van der Waals surface area contributed by atoms with Crippen molar-refractivity contribution in [3.05, 3.63) is 47.5 Å². The van der Waals surface area contributed by atoms with Crippen LogP contribution < -0.4 is 14.8 Å². The summed E-state index contributed by atoms with van der Waals surface area (Å²) in [5.41, 5.74) is 2.16. The molecule has 1 aromatic heterocycles. The van der Waals surface area contributed by atoms with Crippen molar-refractivity contribution in [1.82, 2.24) is 15.3 Å². The Bertz CT molecular complexity index is 631. The molecule has 0 bridgehead atoms. The lowest BCUT2D eigenvalue weighted by Gasteiger charge is -2.21. The topological polar surface area (TPSA) is 56.3 Å². The standard InChI is InChI=1S/C16H19N3O2/c1-11(18-10-14-5-6-17-12(2)19-14)13-3-4-15-16(9-13)21-8-7-20-15/h3-6,9,11,18H,7-8,10H2,1-2H3. The molecule has 3 rings (SSSR count). The molecular formula is C16H19N3O2. The molecule has 1 aromatic carbocycles. The zero-order chi connectivity index (χ0) is 14.7. The fraction of sp³-hybridized carbons (Fsp3) is 0.375. The number of nitrogens with zero attached hydrogens (tertiary/aromatic N) is 2. The molecule has 1 aliphatic rings. The lowest BCUT2D eigenvalue weighted by Crippen LogP contribution is -2.20. The van der Waals surface area contributed by atoms with Crippen molar-refractivity contribution < 1.29 is 9.47 Å². The number of ether oxygens (including phenoxy) is 2. The Morgan fingerprint density at radius 3 is 2.81 bits per heavy atom. The lowest BCUT2D eigenvalue weighted by molar-refractivity contribution is 0.171.